The van der Waals surface area contributed by atoms with Crippen molar-refractivity contribution in [1.82, 2.24) is 5.32 Å². The average Bonchev–Trinajstić information content (AvgIpc) is 3.02. The predicted molar refractivity (Wildman–Crippen MR) is 112 cm³/mol. The van der Waals surface area contributed by atoms with Crippen molar-refractivity contribution in [2.45, 2.75) is 38.5 Å². The van der Waals surface area contributed by atoms with Crippen molar-refractivity contribution < 1.29 is 23.8 Å². The molecule has 0 unspecified atom stereocenters. The monoisotopic (exact) mass is 417 g/mol. The van der Waals surface area contributed by atoms with E-state index in [1.807, 2.05) is 24.3 Å². The van der Waals surface area contributed by atoms with Gasteiger partial charge in [0.15, 0.2) is 18.1 Å². The minimum Gasteiger partial charge on any atom is -0.493 e. The number of aryl methyl sites for hydroxylation is 2. The molecule has 1 heterocycles. The van der Waals surface area contributed by atoms with Crippen molar-refractivity contribution in [3.05, 3.63) is 45.1 Å². The van der Waals surface area contributed by atoms with Gasteiger partial charge in [0.05, 0.1) is 14.2 Å². The van der Waals surface area contributed by atoms with Crippen molar-refractivity contribution in [3.8, 4) is 11.5 Å². The number of nitrogens with one attached hydrogen (secondary N) is 1. The average molecular weight is 418 g/mol. The summed E-state index contributed by atoms with van der Waals surface area (Å²) in [5.41, 5.74) is 2.28. The smallest absolute Gasteiger partial charge is 0.348 e. The maximum Gasteiger partial charge on any atom is 0.348 e. The molecule has 1 amide bonds. The lowest BCUT2D eigenvalue weighted by atomic mass is 10.1. The van der Waals surface area contributed by atoms with Crippen LogP contribution in [0.3, 0.4) is 0 Å². The van der Waals surface area contributed by atoms with Crippen molar-refractivity contribution in [1.29, 1.82) is 0 Å². The summed E-state index contributed by atoms with van der Waals surface area (Å²) < 4.78 is 15.7. The Hall–Kier alpha value is -2.54. The number of benzene rings is 1. The molecule has 2 aromatic rings. The van der Waals surface area contributed by atoms with E-state index in [-0.39, 0.29) is 12.5 Å². The summed E-state index contributed by atoms with van der Waals surface area (Å²) in [7, 11) is 3.18. The van der Waals surface area contributed by atoms with Gasteiger partial charge in [-0.1, -0.05) is 12.5 Å². The Kier molecular flexibility index (Phi) is 7.52. The molecule has 3 rings (SSSR count). The van der Waals surface area contributed by atoms with Crippen molar-refractivity contribution in [2.75, 3.05) is 27.4 Å². The Balaban J connectivity index is 1.42. The van der Waals surface area contributed by atoms with Crippen LogP contribution in [0.15, 0.2) is 24.3 Å². The molecule has 1 aromatic heterocycles. The number of methoxy groups -OCH3 is 2. The second-order valence-electron chi connectivity index (χ2n) is 6.99. The zero-order chi connectivity index (χ0) is 20.6. The lowest BCUT2D eigenvalue weighted by Crippen LogP contribution is -2.30. The Bertz CT molecular complexity index is 837. The molecule has 156 valence electrons. The first-order valence-corrected chi connectivity index (χ1v) is 10.7. The third kappa shape index (κ3) is 5.73. The lowest BCUT2D eigenvalue weighted by Gasteiger charge is -2.10. The first-order valence-electron chi connectivity index (χ1n) is 9.87. The van der Waals surface area contributed by atoms with Gasteiger partial charge in [-0.05, 0) is 61.4 Å². The van der Waals surface area contributed by atoms with Crippen LogP contribution in [0.25, 0.3) is 0 Å². The summed E-state index contributed by atoms with van der Waals surface area (Å²) in [4.78, 5) is 26.1. The molecule has 0 saturated carbocycles. The van der Waals surface area contributed by atoms with Gasteiger partial charge in [0.2, 0.25) is 0 Å². The molecule has 1 aliphatic carbocycles. The maximum atomic E-state index is 12.3. The highest BCUT2D eigenvalue weighted by molar-refractivity contribution is 7.14. The number of fused-ring (bicyclic) bond motifs is 1. The molecule has 0 atom stereocenters. The number of esters is 1. The summed E-state index contributed by atoms with van der Waals surface area (Å²) in [6.45, 7) is 0.173. The van der Waals surface area contributed by atoms with Gasteiger partial charge < -0.3 is 19.5 Å². The summed E-state index contributed by atoms with van der Waals surface area (Å²) in [6, 6.07) is 7.57. The molecule has 6 nitrogen and oxygen atoms in total. The Morgan fingerprint density at radius 1 is 1.03 bits per heavy atom. The first-order chi connectivity index (χ1) is 14.1. The van der Waals surface area contributed by atoms with Crippen molar-refractivity contribution in [2.24, 2.45) is 0 Å². The topological polar surface area (TPSA) is 73.9 Å². The summed E-state index contributed by atoms with van der Waals surface area (Å²) in [5, 5.41) is 2.78. The van der Waals surface area contributed by atoms with Gasteiger partial charge >= 0.3 is 5.97 Å². The van der Waals surface area contributed by atoms with Crippen LogP contribution >= 0.6 is 11.3 Å². The Labute approximate surface area is 175 Å². The molecule has 0 aliphatic heterocycles. The Morgan fingerprint density at radius 3 is 2.62 bits per heavy atom. The van der Waals surface area contributed by atoms with Gasteiger partial charge in [-0.3, -0.25) is 4.79 Å². The minimum absolute atomic E-state index is 0.271. The fraction of sp³-hybridized carbons (Fsp3) is 0.455. The summed E-state index contributed by atoms with van der Waals surface area (Å²) in [5.74, 6) is 0.591. The van der Waals surface area contributed by atoms with E-state index in [1.54, 1.807) is 14.2 Å². The first kappa shape index (κ1) is 21.2. The zero-order valence-electron chi connectivity index (χ0n) is 16.9. The Morgan fingerprint density at radius 2 is 1.83 bits per heavy atom. The van der Waals surface area contributed by atoms with Gasteiger partial charge in [-0.2, -0.15) is 0 Å². The highest BCUT2D eigenvalue weighted by Crippen LogP contribution is 2.29. The molecule has 1 aliphatic rings. The van der Waals surface area contributed by atoms with E-state index in [4.69, 9.17) is 14.2 Å². The molecule has 7 heteroatoms. The van der Waals surface area contributed by atoms with Gasteiger partial charge in [0.1, 0.15) is 4.88 Å². The number of hydrogen-bond donors (Lipinski definition) is 1. The fourth-order valence-corrected chi connectivity index (χ4v) is 4.55. The number of hydrogen-bond acceptors (Lipinski definition) is 6. The van der Waals surface area contributed by atoms with E-state index in [0.29, 0.717) is 29.3 Å². The minimum atomic E-state index is -0.418. The highest BCUT2D eigenvalue weighted by atomic mass is 32.1. The van der Waals surface area contributed by atoms with Crippen LogP contribution in [0.5, 0.6) is 11.5 Å². The number of amides is 1. The molecular weight excluding hydrogens is 390 g/mol. The number of carbonyl (C=O) groups excluding carboxylic acids is 2. The van der Waals surface area contributed by atoms with Crippen LogP contribution in [0.2, 0.25) is 0 Å². The van der Waals surface area contributed by atoms with Crippen LogP contribution < -0.4 is 14.8 Å². The molecule has 0 spiro atoms. The normalized spacial score (nSPS) is 13.2. The van der Waals surface area contributed by atoms with Crippen LogP contribution in [0.1, 0.15) is 44.9 Å². The number of thiophene rings is 1. The van der Waals surface area contributed by atoms with Crippen molar-refractivity contribution in [3.63, 3.8) is 0 Å². The van der Waals surface area contributed by atoms with Crippen LogP contribution in [-0.4, -0.2) is 39.2 Å². The molecule has 1 aromatic carbocycles. The SMILES string of the molecule is COc1ccc(CCNC(=O)COC(=O)c2cc3c(s2)CCCCC3)cc1OC. The largest absolute Gasteiger partial charge is 0.493 e. The van der Waals surface area contributed by atoms with E-state index in [2.05, 4.69) is 5.32 Å². The van der Waals surface area contributed by atoms with E-state index in [1.165, 1.54) is 41.0 Å². The standard InChI is InChI=1S/C22H27NO5S/c1-26-17-9-8-15(12-18(17)27-2)10-11-23-21(24)14-28-22(25)20-13-16-6-4-3-5-7-19(16)29-20/h8-9,12-13H,3-7,10-11,14H2,1-2H3,(H,23,24). The quantitative estimate of drug-likeness (QED) is 0.525. The van der Waals surface area contributed by atoms with E-state index in [0.717, 1.165) is 18.4 Å². The molecule has 0 saturated heterocycles. The molecule has 1 N–H and O–H groups in total. The molecule has 0 fully saturated rings. The molecule has 0 radical (unpaired) electrons. The van der Waals surface area contributed by atoms with Crippen LogP contribution in [0, 0.1) is 0 Å². The van der Waals surface area contributed by atoms with Crippen molar-refractivity contribution >= 4 is 23.2 Å². The van der Waals surface area contributed by atoms with Gasteiger partial charge in [0, 0.05) is 11.4 Å². The van der Waals surface area contributed by atoms with Crippen LogP contribution in [-0.2, 0) is 28.8 Å². The molecule has 29 heavy (non-hydrogen) atoms. The van der Waals surface area contributed by atoms with Gasteiger partial charge in [-0.25, -0.2) is 4.79 Å². The van der Waals surface area contributed by atoms with Crippen LogP contribution in [0.4, 0.5) is 0 Å². The van der Waals surface area contributed by atoms with E-state index in [9.17, 15) is 9.59 Å². The highest BCUT2D eigenvalue weighted by Gasteiger charge is 2.18. The fourth-order valence-electron chi connectivity index (χ4n) is 3.40. The lowest BCUT2D eigenvalue weighted by molar-refractivity contribution is -0.124. The van der Waals surface area contributed by atoms with E-state index >= 15 is 0 Å². The summed E-state index contributed by atoms with van der Waals surface area (Å²) >= 11 is 1.50. The maximum absolute atomic E-state index is 12.3. The molecular formula is C22H27NO5S. The predicted octanol–water partition coefficient (Wildman–Crippen LogP) is 3.55. The number of carbonyl (C=O) groups is 2. The number of rotatable bonds is 8. The molecule has 0 bridgehead atoms. The van der Waals surface area contributed by atoms with E-state index < -0.39 is 5.97 Å². The van der Waals surface area contributed by atoms with Gasteiger partial charge in [0.25, 0.3) is 5.91 Å². The number of ether oxygens (including phenoxy) is 3. The third-order valence-corrected chi connectivity index (χ3v) is 6.18. The zero-order valence-corrected chi connectivity index (χ0v) is 17.7. The van der Waals surface area contributed by atoms with Gasteiger partial charge in [-0.15, -0.1) is 11.3 Å². The summed E-state index contributed by atoms with van der Waals surface area (Å²) in [6.07, 6.45) is 6.27. The third-order valence-electron chi connectivity index (χ3n) is 4.97. The second-order valence-corrected chi connectivity index (χ2v) is 8.12. The second kappa shape index (κ2) is 10.3.